The Morgan fingerprint density at radius 2 is 2.32 bits per heavy atom. The van der Waals surface area contributed by atoms with Gasteiger partial charge in [0.2, 0.25) is 6.41 Å². The number of aliphatic imine (C=N–C) groups is 1. The Kier molecular flexibility index (Phi) is 2.91. The number of amides is 1. The summed E-state index contributed by atoms with van der Waals surface area (Å²) in [5.74, 6) is 0.921. The van der Waals surface area contributed by atoms with Gasteiger partial charge in [0.15, 0.2) is 0 Å². The minimum Gasteiger partial charge on any atom is -0.318 e. The number of carbonyl (C=O) groups is 1. The fourth-order valence-corrected chi connectivity index (χ4v) is 3.85. The average Bonchev–Trinajstić information content (AvgIpc) is 2.87. The van der Waals surface area contributed by atoms with E-state index in [1.165, 1.54) is 5.56 Å². The maximum atomic E-state index is 10.9. The number of benzene rings is 1. The van der Waals surface area contributed by atoms with Gasteiger partial charge in [-0.1, -0.05) is 23.7 Å². The lowest BCUT2D eigenvalue weighted by molar-refractivity contribution is -0.107. The summed E-state index contributed by atoms with van der Waals surface area (Å²) in [6.07, 6.45) is 10.5. The van der Waals surface area contributed by atoms with E-state index in [0.717, 1.165) is 36.3 Å². The fourth-order valence-electron chi connectivity index (χ4n) is 3.45. The molecule has 4 rings (SSSR count). The number of alkyl halides is 1. The lowest BCUT2D eigenvalue weighted by atomic mass is 9.83. The van der Waals surface area contributed by atoms with Crippen LogP contribution in [-0.2, 0) is 11.2 Å². The summed E-state index contributed by atoms with van der Waals surface area (Å²) in [5.41, 5.74) is 3.29. The molecule has 5 heteroatoms. The van der Waals surface area contributed by atoms with Crippen molar-refractivity contribution < 1.29 is 4.79 Å². The van der Waals surface area contributed by atoms with Crippen LogP contribution >= 0.6 is 11.6 Å². The maximum Gasteiger partial charge on any atom is 0.213 e. The van der Waals surface area contributed by atoms with Crippen LogP contribution in [0, 0.1) is 0 Å². The molecule has 2 heterocycles. The highest BCUT2D eigenvalue weighted by Crippen LogP contribution is 2.51. The van der Waals surface area contributed by atoms with Gasteiger partial charge in [-0.25, -0.2) is 0 Å². The molecule has 1 aromatic rings. The molecule has 2 aliphatic heterocycles. The van der Waals surface area contributed by atoms with Gasteiger partial charge in [0, 0.05) is 18.9 Å². The number of allylic oxidation sites excluding steroid dienone is 2. The molecule has 0 saturated heterocycles. The minimum absolute atomic E-state index is 0.0732. The van der Waals surface area contributed by atoms with Crippen molar-refractivity contribution in [2.45, 2.75) is 23.9 Å². The largest absolute Gasteiger partial charge is 0.318 e. The first-order valence-corrected chi connectivity index (χ1v) is 7.73. The summed E-state index contributed by atoms with van der Waals surface area (Å²) in [7, 11) is 1.76. The number of nitrogens with zero attached hydrogens (tertiary/aromatic N) is 3. The number of aryl methyl sites for hydroxylation is 1. The van der Waals surface area contributed by atoms with E-state index < -0.39 is 5.00 Å². The molecule has 3 aliphatic rings. The summed E-state index contributed by atoms with van der Waals surface area (Å²) >= 11 is 6.96. The zero-order valence-electron chi connectivity index (χ0n) is 12.2. The van der Waals surface area contributed by atoms with Crippen molar-refractivity contribution in [3.63, 3.8) is 0 Å². The number of rotatable bonds is 2. The summed E-state index contributed by atoms with van der Waals surface area (Å²) in [6.45, 7) is 0. The topological polar surface area (TPSA) is 35.9 Å². The van der Waals surface area contributed by atoms with Crippen LogP contribution in [0.2, 0.25) is 0 Å². The summed E-state index contributed by atoms with van der Waals surface area (Å²) < 4.78 is 0. The summed E-state index contributed by atoms with van der Waals surface area (Å²) in [4.78, 5) is 18.9. The average molecular weight is 314 g/mol. The van der Waals surface area contributed by atoms with Gasteiger partial charge in [-0.3, -0.25) is 9.79 Å². The van der Waals surface area contributed by atoms with Gasteiger partial charge < -0.3 is 9.80 Å². The Bertz CT molecular complexity index is 739. The molecule has 112 valence electrons. The van der Waals surface area contributed by atoms with Crippen LogP contribution in [0.3, 0.4) is 0 Å². The smallest absolute Gasteiger partial charge is 0.213 e. The van der Waals surface area contributed by atoms with Crippen LogP contribution in [0.1, 0.15) is 23.6 Å². The van der Waals surface area contributed by atoms with Gasteiger partial charge in [0.1, 0.15) is 16.9 Å². The third kappa shape index (κ3) is 1.77. The molecule has 1 aliphatic carbocycles. The monoisotopic (exact) mass is 313 g/mol. The van der Waals surface area contributed by atoms with Crippen LogP contribution in [-0.4, -0.2) is 29.2 Å². The second-order valence-electron chi connectivity index (χ2n) is 5.88. The van der Waals surface area contributed by atoms with Gasteiger partial charge in [0.25, 0.3) is 0 Å². The van der Waals surface area contributed by atoms with Crippen LogP contribution < -0.4 is 4.90 Å². The van der Waals surface area contributed by atoms with Crippen LogP contribution in [0.4, 0.5) is 5.69 Å². The molecule has 0 radical (unpaired) electrons. The molecule has 0 bridgehead atoms. The van der Waals surface area contributed by atoms with Crippen molar-refractivity contribution in [1.82, 2.24) is 4.90 Å². The van der Waals surface area contributed by atoms with Gasteiger partial charge in [0.05, 0.1) is 0 Å². The zero-order valence-corrected chi connectivity index (χ0v) is 13.0. The van der Waals surface area contributed by atoms with E-state index >= 15 is 0 Å². The molecule has 1 amide bonds. The molecule has 0 fully saturated rings. The van der Waals surface area contributed by atoms with Crippen LogP contribution in [0.5, 0.6) is 0 Å². The van der Waals surface area contributed by atoms with Crippen molar-refractivity contribution >= 4 is 29.5 Å². The van der Waals surface area contributed by atoms with Crippen molar-refractivity contribution in [1.29, 1.82) is 0 Å². The second-order valence-corrected chi connectivity index (χ2v) is 6.53. The van der Waals surface area contributed by atoms with E-state index in [2.05, 4.69) is 17.0 Å². The van der Waals surface area contributed by atoms with Gasteiger partial charge in [-0.05, 0) is 48.3 Å². The standard InChI is InChI=1S/C17H16ClN3O/c1-20(11-22)13-5-6-14-12(10-13)7-8-17(18)16(14)19-15-4-2-3-9-21(15)17/h2-6,9-11,16H,7-8H2,1H3. The lowest BCUT2D eigenvalue weighted by Crippen LogP contribution is -2.45. The third-order valence-electron chi connectivity index (χ3n) is 4.65. The normalized spacial score (nSPS) is 27.8. The zero-order chi connectivity index (χ0) is 15.3. The molecule has 2 atom stereocenters. The molecule has 0 N–H and O–H groups in total. The highest BCUT2D eigenvalue weighted by molar-refractivity contribution is 6.27. The van der Waals surface area contributed by atoms with E-state index in [4.69, 9.17) is 16.6 Å². The van der Waals surface area contributed by atoms with Crippen LogP contribution in [0.15, 0.2) is 47.6 Å². The first-order chi connectivity index (χ1) is 10.6. The van der Waals surface area contributed by atoms with Crippen molar-refractivity contribution in [2.75, 3.05) is 11.9 Å². The number of fused-ring (bicyclic) bond motifs is 5. The van der Waals surface area contributed by atoms with E-state index in [9.17, 15) is 4.79 Å². The Labute approximate surface area is 134 Å². The number of carbonyl (C=O) groups excluding carboxylic acids is 1. The first-order valence-electron chi connectivity index (χ1n) is 7.35. The highest BCUT2D eigenvalue weighted by atomic mass is 35.5. The number of hydrogen-bond donors (Lipinski definition) is 0. The Hall–Kier alpha value is -2.07. The van der Waals surface area contributed by atoms with Crippen molar-refractivity contribution in [3.05, 3.63) is 53.8 Å². The summed E-state index contributed by atoms with van der Waals surface area (Å²) in [6, 6.07) is 6.01. The summed E-state index contributed by atoms with van der Waals surface area (Å²) in [5, 5.41) is 0. The van der Waals surface area contributed by atoms with Gasteiger partial charge in [-0.15, -0.1) is 0 Å². The molecule has 1 aromatic carbocycles. The second kappa shape index (κ2) is 4.71. The Balaban J connectivity index is 1.79. The minimum atomic E-state index is -0.512. The van der Waals surface area contributed by atoms with Crippen molar-refractivity contribution in [3.8, 4) is 0 Å². The van der Waals surface area contributed by atoms with Gasteiger partial charge in [-0.2, -0.15) is 0 Å². The number of amidine groups is 1. The molecule has 0 saturated carbocycles. The van der Waals surface area contributed by atoms with E-state index in [1.807, 2.05) is 30.5 Å². The predicted molar refractivity (Wildman–Crippen MR) is 88.1 cm³/mol. The Morgan fingerprint density at radius 3 is 3.14 bits per heavy atom. The molecule has 4 nitrogen and oxygen atoms in total. The van der Waals surface area contributed by atoms with Crippen molar-refractivity contribution in [2.24, 2.45) is 4.99 Å². The molecule has 22 heavy (non-hydrogen) atoms. The quantitative estimate of drug-likeness (QED) is 0.478. The Morgan fingerprint density at radius 1 is 1.45 bits per heavy atom. The van der Waals surface area contributed by atoms with E-state index in [1.54, 1.807) is 11.9 Å². The van der Waals surface area contributed by atoms with Gasteiger partial charge >= 0.3 is 0 Å². The highest BCUT2D eigenvalue weighted by Gasteiger charge is 2.51. The van der Waals surface area contributed by atoms with Crippen LogP contribution in [0.25, 0.3) is 0 Å². The molecule has 0 aromatic heterocycles. The number of halogens is 1. The molecule has 2 unspecified atom stereocenters. The SMILES string of the molecule is CN(C=O)c1ccc2c(c1)CCC1(Cl)C2N=C2C=CC=CN21. The van der Waals surface area contributed by atoms with E-state index in [-0.39, 0.29) is 6.04 Å². The molecule has 0 spiro atoms. The number of hydrogen-bond acceptors (Lipinski definition) is 3. The lowest BCUT2D eigenvalue weighted by Gasteiger charge is -2.40. The number of anilines is 1. The van der Waals surface area contributed by atoms with E-state index in [0.29, 0.717) is 0 Å². The molecular weight excluding hydrogens is 298 g/mol. The fraction of sp³-hybridized carbons (Fsp3) is 0.294. The third-order valence-corrected chi connectivity index (χ3v) is 5.23. The first kappa shape index (κ1) is 13.6. The predicted octanol–water partition coefficient (Wildman–Crippen LogP) is 3.00. The maximum absolute atomic E-state index is 10.9. The molecular formula is C17H16ClN3O.